The van der Waals surface area contributed by atoms with Crippen molar-refractivity contribution >= 4 is 26.4 Å². The van der Waals surface area contributed by atoms with Gasteiger partial charge in [0, 0.05) is 5.66 Å². The molecule has 150 valence electrons. The minimum Gasteiger partial charge on any atom is -0.147 e. The smallest absolute Gasteiger partial charge is 0.000889 e. The van der Waals surface area contributed by atoms with E-state index in [4.69, 9.17) is 0 Å². The molecule has 0 bridgehead atoms. The third kappa shape index (κ3) is 5.61. The molecule has 2 heteroatoms. The highest BCUT2D eigenvalue weighted by molar-refractivity contribution is 7.60. The Morgan fingerprint density at radius 2 is 1.22 bits per heavy atom. The van der Waals surface area contributed by atoms with Crippen LogP contribution in [0.25, 0.3) is 6.08 Å². The van der Waals surface area contributed by atoms with Gasteiger partial charge in [-0.25, -0.2) is 0 Å². The summed E-state index contributed by atoms with van der Waals surface area (Å²) >= 11 is 0. The molecule has 0 nitrogen and oxygen atoms in total. The van der Waals surface area contributed by atoms with Crippen LogP contribution in [0, 0.1) is 0 Å². The molecule has 0 heterocycles. The van der Waals surface area contributed by atoms with Crippen LogP contribution in [-0.2, 0) is 0 Å². The summed E-state index contributed by atoms with van der Waals surface area (Å²) in [7, 11) is 0.181. The van der Waals surface area contributed by atoms with Crippen LogP contribution in [0.3, 0.4) is 0 Å². The molecule has 0 aliphatic heterocycles. The normalized spacial score (nSPS) is 26.9. The van der Waals surface area contributed by atoms with Crippen molar-refractivity contribution in [2.24, 2.45) is 0 Å². The second-order valence-electron chi connectivity index (χ2n) is 8.92. The summed E-state index contributed by atoms with van der Waals surface area (Å²) < 4.78 is 0. The van der Waals surface area contributed by atoms with Crippen molar-refractivity contribution in [3.05, 3.63) is 41.5 Å². The van der Waals surface area contributed by atoms with E-state index >= 15 is 0 Å². The number of hydrogen-bond acceptors (Lipinski definition) is 0. The standard InChI is InChI=1S/C25H37P.ClH/c1-4-12-21(13-5-1)20-22-14-10-11-19-25(22)26(23-15-6-2-7-16-23)24-17-8-3-9-18-24;/h1,4-5,12-13,20,23-25H,2-3,6-11,14-19H2;1H. The molecular formula is C25H38ClP. The van der Waals surface area contributed by atoms with Gasteiger partial charge in [-0.15, -0.1) is 12.4 Å². The maximum Gasteiger partial charge on any atom is 0.000889 e. The van der Waals surface area contributed by atoms with Gasteiger partial charge in [-0.2, -0.15) is 0 Å². The van der Waals surface area contributed by atoms with Crippen LogP contribution >= 0.6 is 20.3 Å². The lowest BCUT2D eigenvalue weighted by Gasteiger charge is -2.45. The summed E-state index contributed by atoms with van der Waals surface area (Å²) in [4.78, 5) is 0. The average Bonchev–Trinajstić information content (AvgIpc) is 2.72. The fourth-order valence-electron chi connectivity index (χ4n) is 5.86. The molecule has 4 rings (SSSR count). The summed E-state index contributed by atoms with van der Waals surface area (Å²) in [5, 5.41) is 0. The fraction of sp³-hybridized carbons (Fsp3) is 0.680. The first kappa shape index (κ1) is 21.4. The largest absolute Gasteiger partial charge is 0.147 e. The lowest BCUT2D eigenvalue weighted by atomic mass is 9.92. The number of halogens is 1. The third-order valence-electron chi connectivity index (χ3n) is 7.13. The van der Waals surface area contributed by atoms with Crippen molar-refractivity contribution in [3.8, 4) is 0 Å². The van der Waals surface area contributed by atoms with Gasteiger partial charge in [0.25, 0.3) is 0 Å². The summed E-state index contributed by atoms with van der Waals surface area (Å²) in [5.41, 5.74) is 6.40. The SMILES string of the molecule is C(=C1CCCCC1P(C1CCCCC1)C1CCCCC1)c1ccccc1.Cl. The maximum absolute atomic E-state index is 2.60. The van der Waals surface area contributed by atoms with Gasteiger partial charge in [0.2, 0.25) is 0 Å². The Kier molecular flexibility index (Phi) is 8.73. The molecule has 3 aliphatic rings. The molecule has 3 aliphatic carbocycles. The van der Waals surface area contributed by atoms with Gasteiger partial charge in [-0.05, 0) is 61.8 Å². The Morgan fingerprint density at radius 3 is 1.81 bits per heavy atom. The molecule has 0 amide bonds. The number of allylic oxidation sites excluding steroid dienone is 1. The van der Waals surface area contributed by atoms with Gasteiger partial charge in [-0.1, -0.05) is 94.8 Å². The lowest BCUT2D eigenvalue weighted by Crippen LogP contribution is -2.29. The van der Waals surface area contributed by atoms with E-state index in [1.807, 2.05) is 5.57 Å². The minimum absolute atomic E-state index is 0. The summed E-state index contributed by atoms with van der Waals surface area (Å²) in [6.45, 7) is 0. The molecule has 1 aromatic carbocycles. The Morgan fingerprint density at radius 1 is 0.667 bits per heavy atom. The van der Waals surface area contributed by atoms with E-state index in [0.29, 0.717) is 0 Å². The van der Waals surface area contributed by atoms with Crippen LogP contribution in [0.5, 0.6) is 0 Å². The van der Waals surface area contributed by atoms with Gasteiger partial charge < -0.3 is 0 Å². The summed E-state index contributed by atoms with van der Waals surface area (Å²) in [6, 6.07) is 11.2. The zero-order valence-corrected chi connectivity index (χ0v) is 18.7. The van der Waals surface area contributed by atoms with Gasteiger partial charge in [0.1, 0.15) is 0 Å². The Hall–Kier alpha value is -0.320. The van der Waals surface area contributed by atoms with Crippen LogP contribution in [0.15, 0.2) is 35.9 Å². The van der Waals surface area contributed by atoms with Crippen LogP contribution < -0.4 is 0 Å². The third-order valence-corrected chi connectivity index (χ3v) is 11.2. The highest BCUT2D eigenvalue weighted by Crippen LogP contribution is 2.62. The highest BCUT2D eigenvalue weighted by atomic mass is 35.5. The van der Waals surface area contributed by atoms with E-state index in [1.165, 1.54) is 69.8 Å². The first-order valence-electron chi connectivity index (χ1n) is 11.4. The van der Waals surface area contributed by atoms with Gasteiger partial charge >= 0.3 is 0 Å². The molecule has 1 unspecified atom stereocenters. The Balaban J connectivity index is 0.00000210. The average molecular weight is 405 g/mol. The molecule has 27 heavy (non-hydrogen) atoms. The van der Waals surface area contributed by atoms with E-state index in [1.54, 1.807) is 25.7 Å². The van der Waals surface area contributed by atoms with Crippen molar-refractivity contribution in [3.63, 3.8) is 0 Å². The predicted octanol–water partition coefficient (Wildman–Crippen LogP) is 8.58. The van der Waals surface area contributed by atoms with E-state index in [-0.39, 0.29) is 20.3 Å². The monoisotopic (exact) mass is 404 g/mol. The van der Waals surface area contributed by atoms with E-state index in [0.717, 1.165) is 17.0 Å². The number of rotatable bonds is 4. The van der Waals surface area contributed by atoms with Crippen LogP contribution in [0.2, 0.25) is 0 Å². The molecule has 1 aromatic rings. The molecule has 0 aromatic heterocycles. The van der Waals surface area contributed by atoms with E-state index < -0.39 is 0 Å². The van der Waals surface area contributed by atoms with E-state index in [2.05, 4.69) is 36.4 Å². The lowest BCUT2D eigenvalue weighted by molar-refractivity contribution is 0.477. The zero-order chi connectivity index (χ0) is 17.6. The second kappa shape index (κ2) is 11.0. The first-order valence-corrected chi connectivity index (χ1v) is 13.0. The topological polar surface area (TPSA) is 0 Å². The Bertz CT molecular complexity index is 551. The van der Waals surface area contributed by atoms with Crippen molar-refractivity contribution in [1.82, 2.24) is 0 Å². The number of hydrogen-bond donors (Lipinski definition) is 0. The Labute approximate surface area is 174 Å². The molecule has 0 N–H and O–H groups in total. The molecule has 0 radical (unpaired) electrons. The number of benzene rings is 1. The summed E-state index contributed by atoms with van der Waals surface area (Å²) in [6.07, 6.45) is 23.7. The molecule has 0 saturated heterocycles. The second-order valence-corrected chi connectivity index (χ2v) is 11.9. The van der Waals surface area contributed by atoms with E-state index in [9.17, 15) is 0 Å². The van der Waals surface area contributed by atoms with Crippen LogP contribution in [-0.4, -0.2) is 17.0 Å². The van der Waals surface area contributed by atoms with Gasteiger partial charge in [0.05, 0.1) is 0 Å². The minimum atomic E-state index is 0. The highest BCUT2D eigenvalue weighted by Gasteiger charge is 2.38. The maximum atomic E-state index is 2.60. The predicted molar refractivity (Wildman–Crippen MR) is 125 cm³/mol. The molecule has 0 spiro atoms. The molecule has 1 atom stereocenters. The van der Waals surface area contributed by atoms with Crippen molar-refractivity contribution < 1.29 is 0 Å². The van der Waals surface area contributed by atoms with Crippen molar-refractivity contribution in [2.45, 2.75) is 107 Å². The van der Waals surface area contributed by atoms with Gasteiger partial charge in [-0.3, -0.25) is 0 Å². The quantitative estimate of drug-likeness (QED) is 0.440. The zero-order valence-electron chi connectivity index (χ0n) is 17.0. The van der Waals surface area contributed by atoms with Gasteiger partial charge in [0.15, 0.2) is 0 Å². The van der Waals surface area contributed by atoms with Crippen LogP contribution in [0.4, 0.5) is 0 Å². The van der Waals surface area contributed by atoms with Crippen LogP contribution in [0.1, 0.15) is 95.5 Å². The first-order chi connectivity index (χ1) is 12.9. The van der Waals surface area contributed by atoms with Crippen molar-refractivity contribution in [2.75, 3.05) is 0 Å². The molecule has 3 saturated carbocycles. The molecular weight excluding hydrogens is 367 g/mol. The van der Waals surface area contributed by atoms with Crippen molar-refractivity contribution in [1.29, 1.82) is 0 Å². The summed E-state index contributed by atoms with van der Waals surface area (Å²) in [5.74, 6) is 0. The molecule has 3 fully saturated rings. The fourth-order valence-corrected chi connectivity index (χ4v) is 10.5.